The Kier molecular flexibility index (Phi) is 5.44. The van der Waals surface area contributed by atoms with Crippen molar-refractivity contribution >= 4 is 34.4 Å². The normalized spacial score (nSPS) is 10.9. The highest BCUT2D eigenvalue weighted by molar-refractivity contribution is 6.38. The molecule has 5 nitrogen and oxygen atoms in total. The summed E-state index contributed by atoms with van der Waals surface area (Å²) in [5.74, 6) is -0.949. The summed E-state index contributed by atoms with van der Waals surface area (Å²) in [5.41, 5.74) is 0.916. The number of hydrogen-bond acceptors (Lipinski definition) is 3. The molecule has 0 radical (unpaired) electrons. The third-order valence-corrected chi connectivity index (χ3v) is 3.92. The monoisotopic (exact) mass is 322 g/mol. The number of benzene rings is 1. The van der Waals surface area contributed by atoms with E-state index in [1.165, 1.54) is 0 Å². The van der Waals surface area contributed by atoms with Crippen molar-refractivity contribution in [3.63, 3.8) is 0 Å². The van der Waals surface area contributed by atoms with Crippen LogP contribution in [0.15, 0.2) is 24.3 Å². The highest BCUT2D eigenvalue weighted by Gasteiger charge is 2.19. The van der Waals surface area contributed by atoms with Crippen LogP contribution in [0.25, 0.3) is 10.9 Å². The van der Waals surface area contributed by atoms with E-state index in [0.717, 1.165) is 23.7 Å². The predicted octanol–water partition coefficient (Wildman–Crippen LogP) is 3.28. The van der Waals surface area contributed by atoms with Gasteiger partial charge in [-0.05, 0) is 18.9 Å². The van der Waals surface area contributed by atoms with E-state index < -0.39 is 5.97 Å². The van der Waals surface area contributed by atoms with Gasteiger partial charge >= 0.3 is 5.97 Å². The summed E-state index contributed by atoms with van der Waals surface area (Å²) in [4.78, 5) is 26.7. The summed E-state index contributed by atoms with van der Waals surface area (Å²) in [5, 5.41) is 3.86. The second-order valence-electron chi connectivity index (χ2n) is 5.02. The summed E-state index contributed by atoms with van der Waals surface area (Å²) in [7, 11) is 0. The first kappa shape index (κ1) is 16.4. The van der Waals surface area contributed by atoms with Gasteiger partial charge in [-0.3, -0.25) is 4.79 Å². The lowest BCUT2D eigenvalue weighted by Gasteiger charge is -2.14. The van der Waals surface area contributed by atoms with Gasteiger partial charge in [0.05, 0.1) is 5.02 Å². The van der Waals surface area contributed by atoms with E-state index in [0.29, 0.717) is 5.02 Å². The highest BCUT2D eigenvalue weighted by atomic mass is 35.5. The van der Waals surface area contributed by atoms with Gasteiger partial charge in [-0.2, -0.15) is 0 Å². The van der Waals surface area contributed by atoms with Crippen LogP contribution in [0.2, 0.25) is 5.02 Å². The number of H-pyrrole nitrogens is 1. The van der Waals surface area contributed by atoms with Gasteiger partial charge in [0, 0.05) is 16.9 Å². The molecule has 0 unspecified atom stereocenters. The Bertz CT molecular complexity index is 677. The van der Waals surface area contributed by atoms with E-state index in [4.69, 9.17) is 16.3 Å². The van der Waals surface area contributed by atoms with Crippen molar-refractivity contribution in [2.75, 3.05) is 6.61 Å². The quantitative estimate of drug-likeness (QED) is 0.802. The number of rotatable bonds is 6. The van der Waals surface area contributed by atoms with Crippen LogP contribution < -0.4 is 5.32 Å². The maximum absolute atomic E-state index is 12.0. The number of halogens is 1. The fraction of sp³-hybridized carbons (Fsp3) is 0.375. The SMILES string of the molecule is CCC(CC)NC(=O)COC(=O)c1[nH]c2ccccc2c1Cl. The number of amides is 1. The van der Waals surface area contributed by atoms with Crippen molar-refractivity contribution in [1.29, 1.82) is 0 Å². The van der Waals surface area contributed by atoms with Gasteiger partial charge in [-0.1, -0.05) is 43.6 Å². The zero-order valence-electron chi connectivity index (χ0n) is 12.6. The third-order valence-electron chi connectivity index (χ3n) is 3.53. The summed E-state index contributed by atoms with van der Waals surface area (Å²) in [6.45, 7) is 3.66. The second-order valence-corrected chi connectivity index (χ2v) is 5.39. The van der Waals surface area contributed by atoms with Crippen LogP contribution in [0.4, 0.5) is 0 Å². The van der Waals surface area contributed by atoms with Gasteiger partial charge in [-0.25, -0.2) is 4.79 Å². The zero-order chi connectivity index (χ0) is 16.1. The first-order valence-electron chi connectivity index (χ1n) is 7.29. The number of aromatic nitrogens is 1. The molecule has 2 rings (SSSR count). The Labute approximate surface area is 134 Å². The van der Waals surface area contributed by atoms with E-state index >= 15 is 0 Å². The minimum atomic E-state index is -0.638. The van der Waals surface area contributed by atoms with Crippen molar-refractivity contribution in [3.05, 3.63) is 35.0 Å². The molecule has 6 heteroatoms. The molecule has 118 valence electrons. The number of nitrogens with one attached hydrogen (secondary N) is 2. The Balaban J connectivity index is 1.99. The molecule has 0 spiro atoms. The lowest BCUT2D eigenvalue weighted by atomic mass is 10.2. The van der Waals surface area contributed by atoms with E-state index in [1.54, 1.807) is 0 Å². The fourth-order valence-corrected chi connectivity index (χ4v) is 2.50. The number of esters is 1. The van der Waals surface area contributed by atoms with Gasteiger partial charge < -0.3 is 15.0 Å². The number of carbonyl (C=O) groups is 2. The van der Waals surface area contributed by atoms with Crippen LogP contribution in [0.5, 0.6) is 0 Å². The molecule has 1 heterocycles. The van der Waals surface area contributed by atoms with E-state index in [-0.39, 0.29) is 24.2 Å². The number of carbonyl (C=O) groups excluding carboxylic acids is 2. The molecule has 2 aromatic rings. The molecule has 0 aliphatic heterocycles. The van der Waals surface area contributed by atoms with Crippen LogP contribution in [-0.4, -0.2) is 29.5 Å². The van der Waals surface area contributed by atoms with Crippen molar-refractivity contribution in [3.8, 4) is 0 Å². The molecule has 1 amide bonds. The summed E-state index contributed by atoms with van der Waals surface area (Å²) in [6.07, 6.45) is 1.67. The smallest absolute Gasteiger partial charge is 0.356 e. The summed E-state index contributed by atoms with van der Waals surface area (Å²) in [6, 6.07) is 7.40. The lowest BCUT2D eigenvalue weighted by molar-refractivity contribution is -0.125. The van der Waals surface area contributed by atoms with Crippen molar-refractivity contribution in [2.24, 2.45) is 0 Å². The summed E-state index contributed by atoms with van der Waals surface area (Å²) < 4.78 is 5.02. The molecular weight excluding hydrogens is 304 g/mol. The minimum absolute atomic E-state index is 0.0999. The third kappa shape index (κ3) is 3.60. The van der Waals surface area contributed by atoms with Crippen LogP contribution >= 0.6 is 11.6 Å². The van der Waals surface area contributed by atoms with Crippen molar-refractivity contribution in [2.45, 2.75) is 32.7 Å². The largest absolute Gasteiger partial charge is 0.451 e. The van der Waals surface area contributed by atoms with E-state index in [9.17, 15) is 9.59 Å². The molecule has 1 aromatic heterocycles. The number of fused-ring (bicyclic) bond motifs is 1. The topological polar surface area (TPSA) is 71.2 Å². The van der Waals surface area contributed by atoms with Gasteiger partial charge in [-0.15, -0.1) is 0 Å². The molecule has 0 saturated carbocycles. The Morgan fingerprint density at radius 2 is 1.95 bits per heavy atom. The van der Waals surface area contributed by atoms with Crippen LogP contribution in [-0.2, 0) is 9.53 Å². The molecule has 0 aliphatic carbocycles. The van der Waals surface area contributed by atoms with Crippen molar-refractivity contribution in [1.82, 2.24) is 10.3 Å². The molecule has 0 fully saturated rings. The number of hydrogen-bond donors (Lipinski definition) is 2. The van der Waals surface area contributed by atoms with Gasteiger partial charge in [0.1, 0.15) is 5.69 Å². The van der Waals surface area contributed by atoms with Crippen molar-refractivity contribution < 1.29 is 14.3 Å². The van der Waals surface area contributed by atoms with Gasteiger partial charge in [0.15, 0.2) is 6.61 Å². The minimum Gasteiger partial charge on any atom is -0.451 e. The average molecular weight is 323 g/mol. The molecule has 22 heavy (non-hydrogen) atoms. The standard InChI is InChI=1S/C16H19ClN2O3/c1-3-10(4-2)18-13(20)9-22-16(21)15-14(17)11-7-5-6-8-12(11)19-15/h5-8,10,19H,3-4,9H2,1-2H3,(H,18,20). The second kappa shape index (κ2) is 7.31. The highest BCUT2D eigenvalue weighted by Crippen LogP contribution is 2.27. The first-order valence-corrected chi connectivity index (χ1v) is 7.67. The van der Waals surface area contributed by atoms with Gasteiger partial charge in [0.2, 0.25) is 0 Å². The lowest BCUT2D eigenvalue weighted by Crippen LogP contribution is -2.36. The molecule has 2 N–H and O–H groups in total. The van der Waals surface area contributed by atoms with Gasteiger partial charge in [0.25, 0.3) is 5.91 Å². The fourth-order valence-electron chi connectivity index (χ4n) is 2.21. The van der Waals surface area contributed by atoms with E-state index in [1.807, 2.05) is 38.1 Å². The Hall–Kier alpha value is -2.01. The molecular formula is C16H19ClN2O3. The maximum Gasteiger partial charge on any atom is 0.356 e. The predicted molar refractivity (Wildman–Crippen MR) is 86.1 cm³/mol. The molecule has 1 aromatic carbocycles. The van der Waals surface area contributed by atoms with Crippen LogP contribution in [0.3, 0.4) is 0 Å². The molecule has 0 bridgehead atoms. The number of ether oxygens (including phenoxy) is 1. The van der Waals surface area contributed by atoms with Crippen LogP contribution in [0, 0.1) is 0 Å². The molecule has 0 saturated heterocycles. The maximum atomic E-state index is 12.0. The Morgan fingerprint density at radius 1 is 1.27 bits per heavy atom. The van der Waals surface area contributed by atoms with E-state index in [2.05, 4.69) is 10.3 Å². The summed E-state index contributed by atoms with van der Waals surface area (Å²) >= 11 is 6.16. The van der Waals surface area contributed by atoms with Crippen LogP contribution in [0.1, 0.15) is 37.2 Å². The molecule has 0 atom stereocenters. The number of para-hydroxylation sites is 1. The Morgan fingerprint density at radius 3 is 2.59 bits per heavy atom. The zero-order valence-corrected chi connectivity index (χ0v) is 13.4. The first-order chi connectivity index (χ1) is 10.6. The average Bonchev–Trinajstić information content (AvgIpc) is 2.88. The molecule has 0 aliphatic rings. The number of aromatic amines is 1.